The van der Waals surface area contributed by atoms with Gasteiger partial charge < -0.3 is 5.32 Å². The molecule has 0 bridgehead atoms. The standard InChI is InChI=1S/C10H14N2.2ClH/c1-4-11-5-2-9(1)7-10-3-6-12-8-10;;/h1-2,4-5,10,12H,3,6-8H2;2*1H. The van der Waals surface area contributed by atoms with Crippen molar-refractivity contribution in [1.82, 2.24) is 10.3 Å². The molecule has 0 aliphatic carbocycles. The molecule has 0 spiro atoms. The molecular formula is C10H16Cl2N2. The highest BCUT2D eigenvalue weighted by molar-refractivity contribution is 5.85. The number of pyridine rings is 1. The number of nitrogens with one attached hydrogen (secondary N) is 1. The maximum Gasteiger partial charge on any atom is 0.0270 e. The highest BCUT2D eigenvalue weighted by atomic mass is 35.5. The zero-order valence-corrected chi connectivity index (χ0v) is 9.61. The molecule has 1 saturated heterocycles. The van der Waals surface area contributed by atoms with E-state index in [1.807, 2.05) is 12.4 Å². The lowest BCUT2D eigenvalue weighted by molar-refractivity contribution is 0.580. The molecule has 80 valence electrons. The lowest BCUT2D eigenvalue weighted by Crippen LogP contribution is -2.10. The van der Waals surface area contributed by atoms with Gasteiger partial charge in [-0.05, 0) is 49.5 Å². The molecule has 2 rings (SSSR count). The average molecular weight is 235 g/mol. The summed E-state index contributed by atoms with van der Waals surface area (Å²) < 4.78 is 0. The first kappa shape index (κ1) is 13.7. The van der Waals surface area contributed by atoms with Gasteiger partial charge in [-0.2, -0.15) is 0 Å². The molecule has 2 heterocycles. The van der Waals surface area contributed by atoms with Crippen molar-refractivity contribution in [1.29, 1.82) is 0 Å². The van der Waals surface area contributed by atoms with Crippen molar-refractivity contribution in [2.45, 2.75) is 12.8 Å². The molecule has 0 radical (unpaired) electrons. The minimum Gasteiger partial charge on any atom is -0.316 e. The van der Waals surface area contributed by atoms with Crippen molar-refractivity contribution in [2.75, 3.05) is 13.1 Å². The quantitative estimate of drug-likeness (QED) is 0.848. The van der Waals surface area contributed by atoms with E-state index in [-0.39, 0.29) is 24.8 Å². The number of halogens is 2. The predicted molar refractivity (Wildman–Crippen MR) is 63.4 cm³/mol. The van der Waals surface area contributed by atoms with E-state index < -0.39 is 0 Å². The average Bonchev–Trinajstić information content (AvgIpc) is 2.59. The Bertz CT molecular complexity index is 235. The Morgan fingerprint density at radius 2 is 2.00 bits per heavy atom. The molecule has 0 aromatic carbocycles. The van der Waals surface area contributed by atoms with E-state index in [0.29, 0.717) is 0 Å². The number of hydrogen-bond donors (Lipinski definition) is 1. The maximum atomic E-state index is 4.00. The Morgan fingerprint density at radius 3 is 2.57 bits per heavy atom. The van der Waals surface area contributed by atoms with Crippen molar-refractivity contribution >= 4 is 24.8 Å². The summed E-state index contributed by atoms with van der Waals surface area (Å²) in [5.74, 6) is 0.840. The van der Waals surface area contributed by atoms with Gasteiger partial charge in [-0.1, -0.05) is 0 Å². The second kappa shape index (κ2) is 7.04. The van der Waals surface area contributed by atoms with Crippen LogP contribution in [0.3, 0.4) is 0 Å². The topological polar surface area (TPSA) is 24.9 Å². The van der Waals surface area contributed by atoms with Gasteiger partial charge in [-0.3, -0.25) is 4.98 Å². The summed E-state index contributed by atoms with van der Waals surface area (Å²) >= 11 is 0. The monoisotopic (exact) mass is 234 g/mol. The first-order valence-electron chi connectivity index (χ1n) is 4.55. The van der Waals surface area contributed by atoms with E-state index in [1.165, 1.54) is 31.5 Å². The first-order chi connectivity index (χ1) is 5.95. The highest BCUT2D eigenvalue weighted by Gasteiger charge is 2.14. The molecule has 1 atom stereocenters. The van der Waals surface area contributed by atoms with Crippen molar-refractivity contribution in [3.05, 3.63) is 30.1 Å². The summed E-state index contributed by atoms with van der Waals surface area (Å²) in [6.45, 7) is 2.37. The smallest absolute Gasteiger partial charge is 0.0270 e. The third-order valence-electron chi connectivity index (χ3n) is 2.44. The first-order valence-corrected chi connectivity index (χ1v) is 4.55. The van der Waals surface area contributed by atoms with Crippen LogP contribution < -0.4 is 5.32 Å². The van der Waals surface area contributed by atoms with Crippen LogP contribution in [0.2, 0.25) is 0 Å². The Kier molecular flexibility index (Phi) is 6.89. The predicted octanol–water partition coefficient (Wildman–Crippen LogP) is 2.08. The van der Waals surface area contributed by atoms with Crippen LogP contribution in [0.1, 0.15) is 12.0 Å². The normalized spacial score (nSPS) is 19.6. The molecule has 1 aliphatic heterocycles. The fourth-order valence-electron chi connectivity index (χ4n) is 1.74. The molecule has 1 aliphatic rings. The second-order valence-electron chi connectivity index (χ2n) is 3.42. The summed E-state index contributed by atoms with van der Waals surface area (Å²) in [4.78, 5) is 4.00. The minimum atomic E-state index is 0. The van der Waals surface area contributed by atoms with Gasteiger partial charge in [-0.25, -0.2) is 0 Å². The molecule has 4 heteroatoms. The largest absolute Gasteiger partial charge is 0.316 e. The van der Waals surface area contributed by atoms with Crippen molar-refractivity contribution in [3.63, 3.8) is 0 Å². The van der Waals surface area contributed by atoms with Gasteiger partial charge in [0.15, 0.2) is 0 Å². The van der Waals surface area contributed by atoms with Gasteiger partial charge in [0.05, 0.1) is 0 Å². The third kappa shape index (κ3) is 3.82. The molecule has 14 heavy (non-hydrogen) atoms. The van der Waals surface area contributed by atoms with Gasteiger partial charge in [0.25, 0.3) is 0 Å². The molecule has 1 aromatic rings. The number of aromatic nitrogens is 1. The number of nitrogens with zero attached hydrogens (tertiary/aromatic N) is 1. The molecule has 0 amide bonds. The summed E-state index contributed by atoms with van der Waals surface area (Å²) in [5.41, 5.74) is 1.42. The summed E-state index contributed by atoms with van der Waals surface area (Å²) in [7, 11) is 0. The summed E-state index contributed by atoms with van der Waals surface area (Å²) in [5, 5.41) is 3.38. The second-order valence-corrected chi connectivity index (χ2v) is 3.42. The molecule has 2 nitrogen and oxygen atoms in total. The van der Waals surface area contributed by atoms with Crippen LogP contribution >= 0.6 is 24.8 Å². The van der Waals surface area contributed by atoms with Crippen molar-refractivity contribution in [3.8, 4) is 0 Å². The summed E-state index contributed by atoms with van der Waals surface area (Å²) in [6.07, 6.45) is 6.27. The molecule has 1 aromatic heterocycles. The van der Waals surface area contributed by atoms with Crippen LogP contribution in [0.25, 0.3) is 0 Å². The molecular weight excluding hydrogens is 219 g/mol. The van der Waals surface area contributed by atoms with Crippen LogP contribution in [0.5, 0.6) is 0 Å². The highest BCUT2D eigenvalue weighted by Crippen LogP contribution is 2.13. The zero-order valence-electron chi connectivity index (χ0n) is 7.98. The lowest BCUT2D eigenvalue weighted by Gasteiger charge is -2.06. The van der Waals surface area contributed by atoms with E-state index in [9.17, 15) is 0 Å². The van der Waals surface area contributed by atoms with E-state index in [0.717, 1.165) is 5.92 Å². The fourth-order valence-corrected chi connectivity index (χ4v) is 1.74. The molecule has 1 fully saturated rings. The van der Waals surface area contributed by atoms with Gasteiger partial charge >= 0.3 is 0 Å². The Labute approximate surface area is 97.3 Å². The van der Waals surface area contributed by atoms with Gasteiger partial charge in [0.2, 0.25) is 0 Å². The molecule has 1 N–H and O–H groups in total. The van der Waals surface area contributed by atoms with Crippen LogP contribution in [0.4, 0.5) is 0 Å². The van der Waals surface area contributed by atoms with Gasteiger partial charge in [0.1, 0.15) is 0 Å². The molecule has 1 unspecified atom stereocenters. The lowest BCUT2D eigenvalue weighted by atomic mass is 10.00. The van der Waals surface area contributed by atoms with E-state index in [4.69, 9.17) is 0 Å². The number of rotatable bonds is 2. The van der Waals surface area contributed by atoms with E-state index in [1.54, 1.807) is 0 Å². The van der Waals surface area contributed by atoms with Crippen LogP contribution in [-0.4, -0.2) is 18.1 Å². The van der Waals surface area contributed by atoms with Crippen LogP contribution in [-0.2, 0) is 6.42 Å². The van der Waals surface area contributed by atoms with Crippen LogP contribution in [0, 0.1) is 5.92 Å². The summed E-state index contributed by atoms with van der Waals surface area (Å²) in [6, 6.07) is 4.22. The minimum absolute atomic E-state index is 0. The zero-order chi connectivity index (χ0) is 8.23. The SMILES string of the molecule is Cl.Cl.c1cc(CC2CCNC2)ccn1. The Hall–Kier alpha value is -0.310. The molecule has 0 saturated carbocycles. The van der Waals surface area contributed by atoms with Gasteiger partial charge in [0, 0.05) is 12.4 Å². The fraction of sp³-hybridized carbons (Fsp3) is 0.500. The van der Waals surface area contributed by atoms with Crippen LogP contribution in [0.15, 0.2) is 24.5 Å². The van der Waals surface area contributed by atoms with Crippen molar-refractivity contribution in [2.24, 2.45) is 5.92 Å². The van der Waals surface area contributed by atoms with E-state index in [2.05, 4.69) is 22.4 Å². The third-order valence-corrected chi connectivity index (χ3v) is 2.44. The van der Waals surface area contributed by atoms with Crippen molar-refractivity contribution < 1.29 is 0 Å². The van der Waals surface area contributed by atoms with Gasteiger partial charge in [-0.15, -0.1) is 24.8 Å². The van der Waals surface area contributed by atoms with E-state index >= 15 is 0 Å². The Morgan fingerprint density at radius 1 is 1.29 bits per heavy atom. The number of hydrogen-bond acceptors (Lipinski definition) is 2. The Balaban J connectivity index is 0.000000845. The maximum absolute atomic E-state index is 4.00.